The van der Waals surface area contributed by atoms with E-state index in [0.29, 0.717) is 12.0 Å². The van der Waals surface area contributed by atoms with E-state index in [-0.39, 0.29) is 0 Å². The predicted octanol–water partition coefficient (Wildman–Crippen LogP) is 4.41. The van der Waals surface area contributed by atoms with Crippen molar-refractivity contribution in [1.29, 1.82) is 0 Å². The largest absolute Gasteiger partial charge is 0.497 e. The molecule has 1 rings (SSSR count). The first-order chi connectivity index (χ1) is 9.12. The van der Waals surface area contributed by atoms with Gasteiger partial charge in [0.1, 0.15) is 5.75 Å². The molecule has 0 bridgehead atoms. The maximum atomic E-state index is 5.32. The summed E-state index contributed by atoms with van der Waals surface area (Å²) in [6.45, 7) is 7.87. The molecule has 1 N–H and O–H groups in total. The van der Waals surface area contributed by atoms with E-state index in [4.69, 9.17) is 4.74 Å². The molecule has 108 valence electrons. The molecule has 2 unspecified atom stereocenters. The predicted molar refractivity (Wildman–Crippen MR) is 85.9 cm³/mol. The standard InChI is InChI=1S/C16H26BrNO/c1-5-9-18-16(12(3)6-2)11-13-10-14(19-4)7-8-15(13)17/h7-8,10,12,16,18H,5-6,9,11H2,1-4H3. The molecule has 0 saturated heterocycles. The van der Waals surface area contributed by atoms with Crippen LogP contribution in [0.3, 0.4) is 0 Å². The highest BCUT2D eigenvalue weighted by Gasteiger charge is 2.17. The van der Waals surface area contributed by atoms with Crippen LogP contribution >= 0.6 is 15.9 Å². The molecule has 0 aliphatic heterocycles. The van der Waals surface area contributed by atoms with Crippen LogP contribution in [0.1, 0.15) is 39.2 Å². The molecule has 0 saturated carbocycles. The summed E-state index contributed by atoms with van der Waals surface area (Å²) in [4.78, 5) is 0. The second-order valence-electron chi connectivity index (χ2n) is 5.11. The third-order valence-electron chi connectivity index (χ3n) is 3.68. The minimum atomic E-state index is 0.522. The third-order valence-corrected chi connectivity index (χ3v) is 4.45. The molecular weight excluding hydrogens is 302 g/mol. The first-order valence-corrected chi connectivity index (χ1v) is 7.97. The van der Waals surface area contributed by atoms with Gasteiger partial charge in [0.25, 0.3) is 0 Å². The van der Waals surface area contributed by atoms with Gasteiger partial charge in [0.15, 0.2) is 0 Å². The zero-order valence-corrected chi connectivity index (χ0v) is 14.1. The molecular formula is C16H26BrNO. The van der Waals surface area contributed by atoms with Crippen LogP contribution in [0.2, 0.25) is 0 Å². The summed E-state index contributed by atoms with van der Waals surface area (Å²) in [5.41, 5.74) is 1.31. The van der Waals surface area contributed by atoms with E-state index < -0.39 is 0 Å². The third kappa shape index (κ3) is 5.15. The molecule has 0 aliphatic carbocycles. The molecule has 0 spiro atoms. The molecule has 0 fully saturated rings. The van der Waals surface area contributed by atoms with Crippen molar-refractivity contribution in [3.63, 3.8) is 0 Å². The fraction of sp³-hybridized carbons (Fsp3) is 0.625. The number of ether oxygens (including phenoxy) is 1. The maximum absolute atomic E-state index is 5.32. The Kier molecular flexibility index (Phi) is 7.47. The molecule has 0 aromatic heterocycles. The number of benzene rings is 1. The lowest BCUT2D eigenvalue weighted by atomic mass is 9.93. The second kappa shape index (κ2) is 8.60. The molecule has 0 amide bonds. The Morgan fingerprint density at radius 1 is 1.32 bits per heavy atom. The lowest BCUT2D eigenvalue weighted by molar-refractivity contribution is 0.363. The zero-order valence-electron chi connectivity index (χ0n) is 12.5. The lowest BCUT2D eigenvalue weighted by Gasteiger charge is -2.25. The van der Waals surface area contributed by atoms with E-state index in [9.17, 15) is 0 Å². The summed E-state index contributed by atoms with van der Waals surface area (Å²) in [5.74, 6) is 1.60. The maximum Gasteiger partial charge on any atom is 0.119 e. The van der Waals surface area contributed by atoms with Crippen LogP contribution < -0.4 is 10.1 Å². The van der Waals surface area contributed by atoms with Gasteiger partial charge >= 0.3 is 0 Å². The van der Waals surface area contributed by atoms with Crippen molar-refractivity contribution in [1.82, 2.24) is 5.32 Å². The molecule has 3 heteroatoms. The molecule has 0 heterocycles. The lowest BCUT2D eigenvalue weighted by Crippen LogP contribution is -2.37. The van der Waals surface area contributed by atoms with E-state index in [2.05, 4.69) is 54.2 Å². The second-order valence-corrected chi connectivity index (χ2v) is 5.96. The highest BCUT2D eigenvalue weighted by atomic mass is 79.9. The molecule has 0 radical (unpaired) electrons. The monoisotopic (exact) mass is 327 g/mol. The molecule has 0 aliphatic rings. The summed E-state index contributed by atoms with van der Waals surface area (Å²) in [5, 5.41) is 3.67. The smallest absolute Gasteiger partial charge is 0.119 e. The Bertz CT molecular complexity index is 381. The molecule has 2 atom stereocenters. The van der Waals surface area contributed by atoms with Crippen LogP contribution in [0.15, 0.2) is 22.7 Å². The van der Waals surface area contributed by atoms with Gasteiger partial charge in [-0.25, -0.2) is 0 Å². The summed E-state index contributed by atoms with van der Waals surface area (Å²) >= 11 is 3.64. The number of nitrogens with one attached hydrogen (secondary N) is 1. The van der Waals surface area contributed by atoms with Crippen LogP contribution in [0.5, 0.6) is 5.75 Å². The Morgan fingerprint density at radius 3 is 2.63 bits per heavy atom. The molecule has 1 aromatic carbocycles. The van der Waals surface area contributed by atoms with Crippen LogP contribution in [0, 0.1) is 5.92 Å². The van der Waals surface area contributed by atoms with Crippen molar-refractivity contribution in [3.8, 4) is 5.75 Å². The quantitative estimate of drug-likeness (QED) is 0.763. The summed E-state index contributed by atoms with van der Waals surface area (Å²) in [6.07, 6.45) is 3.40. The Morgan fingerprint density at radius 2 is 2.05 bits per heavy atom. The normalized spacial score (nSPS) is 14.2. The van der Waals surface area contributed by atoms with Crippen LogP contribution in [-0.4, -0.2) is 19.7 Å². The van der Waals surface area contributed by atoms with Gasteiger partial charge in [-0.2, -0.15) is 0 Å². The number of halogens is 1. The Hall–Kier alpha value is -0.540. The van der Waals surface area contributed by atoms with Crippen molar-refractivity contribution < 1.29 is 4.74 Å². The van der Waals surface area contributed by atoms with Gasteiger partial charge in [0.2, 0.25) is 0 Å². The van der Waals surface area contributed by atoms with E-state index in [1.165, 1.54) is 22.9 Å². The van der Waals surface area contributed by atoms with Crippen molar-refractivity contribution >= 4 is 15.9 Å². The van der Waals surface area contributed by atoms with Crippen LogP contribution in [0.4, 0.5) is 0 Å². The Balaban J connectivity index is 2.82. The van der Waals surface area contributed by atoms with E-state index in [1.54, 1.807) is 7.11 Å². The fourth-order valence-electron chi connectivity index (χ4n) is 2.16. The van der Waals surface area contributed by atoms with Crippen molar-refractivity contribution in [2.75, 3.05) is 13.7 Å². The van der Waals surface area contributed by atoms with Crippen molar-refractivity contribution in [2.24, 2.45) is 5.92 Å². The Labute approximate surface area is 126 Å². The first-order valence-electron chi connectivity index (χ1n) is 7.18. The van der Waals surface area contributed by atoms with Gasteiger partial charge in [-0.05, 0) is 49.1 Å². The first kappa shape index (κ1) is 16.5. The van der Waals surface area contributed by atoms with Crippen LogP contribution in [0.25, 0.3) is 0 Å². The molecule has 1 aromatic rings. The van der Waals surface area contributed by atoms with E-state index >= 15 is 0 Å². The summed E-state index contributed by atoms with van der Waals surface area (Å²) in [7, 11) is 1.72. The highest BCUT2D eigenvalue weighted by molar-refractivity contribution is 9.10. The minimum Gasteiger partial charge on any atom is -0.497 e. The average molecular weight is 328 g/mol. The van der Waals surface area contributed by atoms with Gasteiger partial charge in [0.05, 0.1) is 7.11 Å². The number of methoxy groups -OCH3 is 1. The highest BCUT2D eigenvalue weighted by Crippen LogP contribution is 2.25. The zero-order chi connectivity index (χ0) is 14.3. The van der Waals surface area contributed by atoms with E-state index in [1.807, 2.05) is 6.07 Å². The fourth-order valence-corrected chi connectivity index (χ4v) is 2.57. The number of hydrogen-bond acceptors (Lipinski definition) is 2. The van der Waals surface area contributed by atoms with Gasteiger partial charge < -0.3 is 10.1 Å². The number of hydrogen-bond donors (Lipinski definition) is 1. The van der Waals surface area contributed by atoms with Crippen LogP contribution in [-0.2, 0) is 6.42 Å². The average Bonchev–Trinajstić information content (AvgIpc) is 2.44. The van der Waals surface area contributed by atoms with Gasteiger partial charge in [0, 0.05) is 10.5 Å². The topological polar surface area (TPSA) is 21.3 Å². The summed E-state index contributed by atoms with van der Waals surface area (Å²) in [6, 6.07) is 6.72. The summed E-state index contributed by atoms with van der Waals surface area (Å²) < 4.78 is 6.48. The van der Waals surface area contributed by atoms with Crippen molar-refractivity contribution in [3.05, 3.63) is 28.2 Å². The molecule has 2 nitrogen and oxygen atoms in total. The van der Waals surface area contributed by atoms with Gasteiger partial charge in [-0.15, -0.1) is 0 Å². The van der Waals surface area contributed by atoms with E-state index in [0.717, 1.165) is 18.7 Å². The van der Waals surface area contributed by atoms with Gasteiger partial charge in [-0.3, -0.25) is 0 Å². The van der Waals surface area contributed by atoms with Crippen molar-refractivity contribution in [2.45, 2.75) is 46.1 Å². The molecule has 19 heavy (non-hydrogen) atoms. The van der Waals surface area contributed by atoms with Gasteiger partial charge in [-0.1, -0.05) is 43.1 Å². The minimum absolute atomic E-state index is 0.522. The SMILES string of the molecule is CCCNC(Cc1cc(OC)ccc1Br)C(C)CC. The number of rotatable bonds is 8.